The van der Waals surface area contributed by atoms with Crippen molar-refractivity contribution in [3.05, 3.63) is 34.3 Å². The van der Waals surface area contributed by atoms with E-state index in [1.807, 2.05) is 0 Å². The molecule has 1 nitrogen and oxygen atoms in total. The predicted molar refractivity (Wildman–Crippen MR) is 93.7 cm³/mol. The van der Waals surface area contributed by atoms with E-state index in [-0.39, 0.29) is 0 Å². The van der Waals surface area contributed by atoms with Crippen molar-refractivity contribution in [1.29, 1.82) is 0 Å². The number of rotatable bonds is 4. The minimum Gasteiger partial charge on any atom is -0.314 e. The van der Waals surface area contributed by atoms with Crippen LogP contribution in [0.1, 0.15) is 64.4 Å². The normalized spacial score (nSPS) is 23.2. The van der Waals surface area contributed by atoms with Crippen molar-refractivity contribution in [1.82, 2.24) is 5.32 Å². The summed E-state index contributed by atoms with van der Waals surface area (Å²) < 4.78 is 1.22. The van der Waals surface area contributed by atoms with Gasteiger partial charge in [-0.3, -0.25) is 0 Å². The van der Waals surface area contributed by atoms with Gasteiger partial charge >= 0.3 is 0 Å². The Morgan fingerprint density at radius 1 is 1.14 bits per heavy atom. The van der Waals surface area contributed by atoms with E-state index in [0.29, 0.717) is 16.9 Å². The largest absolute Gasteiger partial charge is 0.314 e. The zero-order valence-corrected chi connectivity index (χ0v) is 15.0. The molecule has 1 spiro atoms. The Kier molecular flexibility index (Phi) is 4.47. The molecule has 2 heteroatoms. The molecule has 2 saturated carbocycles. The van der Waals surface area contributed by atoms with Crippen molar-refractivity contribution < 1.29 is 0 Å². The lowest BCUT2D eigenvalue weighted by molar-refractivity contribution is -0.0136. The summed E-state index contributed by atoms with van der Waals surface area (Å²) in [7, 11) is 0. The molecule has 0 bridgehead atoms. The molecule has 1 N–H and O–H groups in total. The molecule has 1 aromatic rings. The first-order chi connectivity index (χ1) is 10.0. The second-order valence-electron chi connectivity index (χ2n) is 7.74. The molecular weight excluding hydrogens is 322 g/mol. The van der Waals surface area contributed by atoms with Crippen LogP contribution in [0.25, 0.3) is 0 Å². The monoisotopic (exact) mass is 349 g/mol. The van der Waals surface area contributed by atoms with Crippen molar-refractivity contribution in [3.63, 3.8) is 0 Å². The van der Waals surface area contributed by atoms with Gasteiger partial charge in [0.1, 0.15) is 0 Å². The van der Waals surface area contributed by atoms with E-state index < -0.39 is 0 Å². The fourth-order valence-corrected chi connectivity index (χ4v) is 5.09. The number of halogens is 1. The van der Waals surface area contributed by atoms with E-state index in [1.165, 1.54) is 55.0 Å². The maximum absolute atomic E-state index is 3.71. The van der Waals surface area contributed by atoms with Crippen LogP contribution in [0.2, 0.25) is 0 Å². The average Bonchev–Trinajstić information content (AvgIpc) is 2.43. The summed E-state index contributed by atoms with van der Waals surface area (Å²) in [6.45, 7) is 5.64. The molecule has 0 heterocycles. The van der Waals surface area contributed by atoms with Gasteiger partial charge in [0.25, 0.3) is 0 Å². The van der Waals surface area contributed by atoms with Gasteiger partial charge < -0.3 is 5.32 Å². The highest BCUT2D eigenvalue weighted by Crippen LogP contribution is 2.61. The van der Waals surface area contributed by atoms with Gasteiger partial charge in [0.15, 0.2) is 0 Å². The molecule has 0 atom stereocenters. The third kappa shape index (κ3) is 3.22. The lowest BCUT2D eigenvalue weighted by Gasteiger charge is -2.59. The number of benzene rings is 1. The van der Waals surface area contributed by atoms with E-state index in [9.17, 15) is 0 Å². The van der Waals surface area contributed by atoms with E-state index in [1.54, 1.807) is 0 Å². The molecular formula is C19H28BrN. The van der Waals surface area contributed by atoms with Crippen LogP contribution in [-0.4, -0.2) is 12.6 Å². The van der Waals surface area contributed by atoms with Crippen molar-refractivity contribution in [2.45, 2.75) is 70.3 Å². The van der Waals surface area contributed by atoms with Crippen LogP contribution >= 0.6 is 15.9 Å². The SMILES string of the molecule is CC(C)NCC1(c2cccc(Br)c2)CC2(CCCCC2)C1. The van der Waals surface area contributed by atoms with Crippen LogP contribution in [0, 0.1) is 5.41 Å². The first-order valence-corrected chi connectivity index (χ1v) is 9.33. The molecule has 0 saturated heterocycles. The quantitative estimate of drug-likeness (QED) is 0.764. The smallest absolute Gasteiger partial charge is 0.0178 e. The van der Waals surface area contributed by atoms with Gasteiger partial charge in [0.05, 0.1) is 0 Å². The van der Waals surface area contributed by atoms with Crippen molar-refractivity contribution >= 4 is 15.9 Å². The Morgan fingerprint density at radius 2 is 1.86 bits per heavy atom. The van der Waals surface area contributed by atoms with Crippen LogP contribution in [0.4, 0.5) is 0 Å². The van der Waals surface area contributed by atoms with Crippen LogP contribution in [0.5, 0.6) is 0 Å². The Bertz CT molecular complexity index is 480. The Hall–Kier alpha value is -0.340. The molecule has 0 aliphatic heterocycles. The summed E-state index contributed by atoms with van der Waals surface area (Å²) in [6, 6.07) is 9.59. The zero-order valence-electron chi connectivity index (χ0n) is 13.4. The first kappa shape index (κ1) is 15.6. The summed E-state index contributed by atoms with van der Waals surface area (Å²) in [4.78, 5) is 0. The summed E-state index contributed by atoms with van der Waals surface area (Å²) in [6.07, 6.45) is 10.1. The van der Waals surface area contributed by atoms with Gasteiger partial charge in [-0.2, -0.15) is 0 Å². The Balaban J connectivity index is 1.80. The average molecular weight is 350 g/mol. The van der Waals surface area contributed by atoms with Crippen LogP contribution in [0.3, 0.4) is 0 Å². The van der Waals surface area contributed by atoms with Gasteiger partial charge in [-0.05, 0) is 48.8 Å². The van der Waals surface area contributed by atoms with E-state index in [2.05, 4.69) is 59.4 Å². The highest BCUT2D eigenvalue weighted by molar-refractivity contribution is 9.10. The first-order valence-electron chi connectivity index (χ1n) is 8.53. The molecule has 116 valence electrons. The third-order valence-corrected chi connectivity index (χ3v) is 6.12. The molecule has 0 amide bonds. The molecule has 2 aliphatic carbocycles. The van der Waals surface area contributed by atoms with E-state index in [4.69, 9.17) is 0 Å². The Labute approximate surface area is 138 Å². The van der Waals surface area contributed by atoms with Crippen LogP contribution < -0.4 is 5.32 Å². The fraction of sp³-hybridized carbons (Fsp3) is 0.684. The van der Waals surface area contributed by atoms with Crippen molar-refractivity contribution in [2.24, 2.45) is 5.41 Å². The molecule has 0 radical (unpaired) electrons. The third-order valence-electron chi connectivity index (χ3n) is 5.63. The molecule has 21 heavy (non-hydrogen) atoms. The maximum atomic E-state index is 3.71. The van der Waals surface area contributed by atoms with Crippen LogP contribution in [0.15, 0.2) is 28.7 Å². The molecule has 3 rings (SSSR count). The minimum atomic E-state index is 0.366. The topological polar surface area (TPSA) is 12.0 Å². The van der Waals surface area contributed by atoms with Crippen LogP contribution in [-0.2, 0) is 5.41 Å². The zero-order chi connectivity index (χ0) is 14.9. The van der Waals surface area contributed by atoms with E-state index in [0.717, 1.165) is 6.54 Å². The van der Waals surface area contributed by atoms with Gasteiger partial charge in [0.2, 0.25) is 0 Å². The summed E-state index contributed by atoms with van der Waals surface area (Å²) in [5.74, 6) is 0. The van der Waals surface area contributed by atoms with Gasteiger partial charge in [-0.1, -0.05) is 61.2 Å². The molecule has 0 aromatic heterocycles. The highest BCUT2D eigenvalue weighted by Gasteiger charge is 2.54. The second-order valence-corrected chi connectivity index (χ2v) is 8.66. The summed E-state index contributed by atoms with van der Waals surface area (Å²) in [5, 5.41) is 3.71. The number of hydrogen-bond donors (Lipinski definition) is 1. The molecule has 1 aromatic carbocycles. The van der Waals surface area contributed by atoms with Crippen molar-refractivity contribution in [2.75, 3.05) is 6.54 Å². The highest BCUT2D eigenvalue weighted by atomic mass is 79.9. The fourth-order valence-electron chi connectivity index (χ4n) is 4.69. The lowest BCUT2D eigenvalue weighted by Crippen LogP contribution is -2.56. The molecule has 2 aliphatic rings. The Morgan fingerprint density at radius 3 is 2.48 bits per heavy atom. The van der Waals surface area contributed by atoms with E-state index >= 15 is 0 Å². The standard InChI is InChI=1S/C19H28BrN/c1-15(2)21-14-19(16-7-6-8-17(20)11-16)12-18(13-19)9-4-3-5-10-18/h6-8,11,15,21H,3-5,9-10,12-14H2,1-2H3. The summed E-state index contributed by atoms with van der Waals surface area (Å²) in [5.41, 5.74) is 2.56. The van der Waals surface area contributed by atoms with Gasteiger partial charge in [-0.25, -0.2) is 0 Å². The van der Waals surface area contributed by atoms with Gasteiger partial charge in [0, 0.05) is 22.5 Å². The van der Waals surface area contributed by atoms with Gasteiger partial charge in [-0.15, -0.1) is 0 Å². The summed E-state index contributed by atoms with van der Waals surface area (Å²) >= 11 is 3.66. The molecule has 0 unspecified atom stereocenters. The van der Waals surface area contributed by atoms with Crippen molar-refractivity contribution in [3.8, 4) is 0 Å². The predicted octanol–water partition coefficient (Wildman–Crippen LogP) is 5.43. The molecule has 2 fully saturated rings. The number of nitrogens with one attached hydrogen (secondary N) is 1. The maximum Gasteiger partial charge on any atom is 0.0178 e. The number of hydrogen-bond acceptors (Lipinski definition) is 1. The minimum absolute atomic E-state index is 0.366. The lowest BCUT2D eigenvalue weighted by atomic mass is 9.46. The second kappa shape index (κ2) is 6.04.